The van der Waals surface area contributed by atoms with Crippen LogP contribution in [0.2, 0.25) is 18.1 Å². The Hall–Kier alpha value is -2.08. The second kappa shape index (κ2) is 15.2. The third kappa shape index (κ3) is 7.85. The van der Waals surface area contributed by atoms with Gasteiger partial charge in [-0.2, -0.15) is 0 Å². The fraction of sp³-hybridized carbons (Fsp3) is 0.762. The van der Waals surface area contributed by atoms with Crippen LogP contribution in [0.15, 0.2) is 52.3 Å². The molecular weight excluding hydrogens is 675 g/mol. The highest BCUT2D eigenvalue weighted by atomic mass is 28.4. The van der Waals surface area contributed by atoms with Crippen molar-refractivity contribution in [3.63, 3.8) is 0 Å². The van der Waals surface area contributed by atoms with Gasteiger partial charge < -0.3 is 33.7 Å². The molecule has 4 heterocycles. The lowest BCUT2D eigenvalue weighted by molar-refractivity contribution is -0.342. The molecule has 0 radical (unpaired) electrons. The van der Waals surface area contributed by atoms with Crippen molar-refractivity contribution in [2.24, 2.45) is 28.8 Å². The van der Waals surface area contributed by atoms with E-state index in [1.165, 1.54) is 32.1 Å². The second-order valence-corrected chi connectivity index (χ2v) is 23.1. The molecule has 0 amide bonds. The van der Waals surface area contributed by atoms with Gasteiger partial charge in [-0.05, 0) is 86.2 Å². The molecule has 0 aromatic carbocycles. The number of hydrogen-bond acceptors (Lipinski definition) is 9. The predicted molar refractivity (Wildman–Crippen MR) is 205 cm³/mol. The molecule has 6 rings (SSSR count). The van der Waals surface area contributed by atoms with Gasteiger partial charge in [0.25, 0.3) is 8.32 Å². The lowest BCUT2D eigenvalue weighted by Crippen LogP contribution is -2.58. The normalized spacial score (nSPS) is 43.1. The minimum absolute atomic E-state index is 0.0782. The first-order valence-corrected chi connectivity index (χ1v) is 22.9. The number of ether oxygens (including phenoxy) is 4. The van der Waals surface area contributed by atoms with E-state index in [2.05, 4.69) is 52.0 Å². The number of oxime groups is 1. The van der Waals surface area contributed by atoms with Crippen LogP contribution in [0.4, 0.5) is 0 Å². The Bertz CT molecular complexity index is 1490. The van der Waals surface area contributed by atoms with E-state index in [9.17, 15) is 15.0 Å². The molecular formula is C42H65NO8Si. The van der Waals surface area contributed by atoms with E-state index in [0.29, 0.717) is 42.4 Å². The minimum Gasteiger partial charge on any atom is -0.462 e. The molecule has 0 unspecified atom stereocenters. The standard InChI is InChI=1S/C42H65NO8Si/c1-26-14-13-17-31-25-47-38-35(43-51-52(8,9)40(5,6)7)29(4)22-34(42(31,38)46)39(45)48-33-23-32(19-18-27(2)36(26)44)49-41(24-33)21-20-28(3)37(50-41)30-15-11-10-12-16-30/h13-14,17-18,22,26,28,30,32-34,36-38,44,46H,10-12,15-16,19-21,23-25H2,1-9H3/b14-13+,27-18+,31-17+,43-35-/t26-,28-,32+,33-,34-,36-,37-,38+,41+,42+/m0/s1. The Morgan fingerprint density at radius 2 is 1.77 bits per heavy atom. The topological polar surface area (TPSA) is 116 Å². The van der Waals surface area contributed by atoms with E-state index in [1.807, 2.05) is 39.0 Å². The molecule has 0 aromatic rings. The zero-order valence-corrected chi connectivity index (χ0v) is 34.2. The molecule has 9 nitrogen and oxygen atoms in total. The van der Waals surface area contributed by atoms with Crippen LogP contribution >= 0.6 is 0 Å². The van der Waals surface area contributed by atoms with Gasteiger partial charge in [-0.25, -0.2) is 0 Å². The summed E-state index contributed by atoms with van der Waals surface area (Å²) < 4.78 is 33.1. The number of nitrogens with zero attached hydrogens (tertiary/aromatic N) is 1. The Labute approximate surface area is 313 Å². The highest BCUT2D eigenvalue weighted by Gasteiger charge is 2.60. The van der Waals surface area contributed by atoms with Gasteiger partial charge in [-0.3, -0.25) is 4.79 Å². The van der Waals surface area contributed by atoms with Gasteiger partial charge in [0.1, 0.15) is 29.4 Å². The van der Waals surface area contributed by atoms with Crippen LogP contribution < -0.4 is 0 Å². The molecule has 52 heavy (non-hydrogen) atoms. The van der Waals surface area contributed by atoms with E-state index in [-0.39, 0.29) is 29.8 Å². The first kappa shape index (κ1) is 39.6. The number of fused-ring (bicyclic) bond motifs is 2. The van der Waals surface area contributed by atoms with Gasteiger partial charge in [0.15, 0.2) is 5.79 Å². The van der Waals surface area contributed by atoms with Crippen LogP contribution in [0, 0.1) is 23.7 Å². The van der Waals surface area contributed by atoms with Gasteiger partial charge in [0.05, 0.1) is 24.9 Å². The molecule has 290 valence electrons. The summed E-state index contributed by atoms with van der Waals surface area (Å²) in [5.41, 5.74) is 0.898. The summed E-state index contributed by atoms with van der Waals surface area (Å²) in [4.78, 5) is 14.5. The molecule has 4 fully saturated rings. The quantitative estimate of drug-likeness (QED) is 0.129. The van der Waals surface area contributed by atoms with Gasteiger partial charge in [-0.15, -0.1) is 5.16 Å². The van der Waals surface area contributed by atoms with Gasteiger partial charge in [0.2, 0.25) is 0 Å². The van der Waals surface area contributed by atoms with Crippen molar-refractivity contribution in [1.29, 1.82) is 0 Å². The lowest BCUT2D eigenvalue weighted by atomic mass is 9.71. The van der Waals surface area contributed by atoms with Crippen molar-refractivity contribution in [3.05, 3.63) is 47.1 Å². The number of allylic oxidation sites excluding steroid dienone is 2. The zero-order chi connectivity index (χ0) is 37.6. The fourth-order valence-electron chi connectivity index (χ4n) is 8.95. The van der Waals surface area contributed by atoms with Crippen molar-refractivity contribution in [1.82, 2.24) is 0 Å². The molecule has 1 spiro atoms. The molecule has 1 saturated carbocycles. The van der Waals surface area contributed by atoms with E-state index >= 15 is 0 Å². The summed E-state index contributed by atoms with van der Waals surface area (Å²) >= 11 is 0. The Balaban J connectivity index is 1.37. The molecule has 10 heteroatoms. The van der Waals surface area contributed by atoms with Gasteiger partial charge >= 0.3 is 5.97 Å². The fourth-order valence-corrected chi connectivity index (χ4v) is 9.55. The van der Waals surface area contributed by atoms with E-state index in [4.69, 9.17) is 23.5 Å². The Morgan fingerprint density at radius 1 is 1.04 bits per heavy atom. The summed E-state index contributed by atoms with van der Waals surface area (Å²) in [6.07, 6.45) is 16.6. The third-order valence-electron chi connectivity index (χ3n) is 13.4. The summed E-state index contributed by atoms with van der Waals surface area (Å²) in [5, 5.41) is 28.7. The van der Waals surface area contributed by atoms with Gasteiger partial charge in [-0.1, -0.05) is 84.3 Å². The third-order valence-corrected chi connectivity index (χ3v) is 17.6. The number of hydrogen-bond donors (Lipinski definition) is 2. The first-order chi connectivity index (χ1) is 24.4. The minimum atomic E-state index is -2.29. The molecule has 4 aliphatic heterocycles. The predicted octanol–water partition coefficient (Wildman–Crippen LogP) is 8.08. The molecule has 2 aliphatic carbocycles. The van der Waals surface area contributed by atoms with Crippen molar-refractivity contribution >= 4 is 20.0 Å². The van der Waals surface area contributed by atoms with Crippen LogP contribution in [0.5, 0.6) is 0 Å². The average Bonchev–Trinajstić information content (AvgIpc) is 3.42. The SMILES string of the molecule is CC1=C[C@H]2C(=O)O[C@H]3C[C@@H](C/C=C(\C)[C@@H](O)[C@@H](C)/C=C/C=C4\CO[C@H](/C1=N\O[Si](C)(C)C(C)(C)C)[C@@]42O)O[C@@]1(CC[C@H](C)[C@@H](C2CCCCC2)O1)C3. The number of aliphatic hydroxyl groups excluding tert-OH is 1. The molecule has 6 aliphatic rings. The number of carbonyl (C=O) groups is 1. The zero-order valence-electron chi connectivity index (χ0n) is 33.2. The van der Waals surface area contributed by atoms with Crippen molar-refractivity contribution in [2.75, 3.05) is 6.61 Å². The number of esters is 1. The number of aliphatic hydroxyl groups is 2. The van der Waals surface area contributed by atoms with Crippen LogP contribution in [-0.4, -0.2) is 78.7 Å². The van der Waals surface area contributed by atoms with E-state index < -0.39 is 49.9 Å². The molecule has 3 saturated heterocycles. The summed E-state index contributed by atoms with van der Waals surface area (Å²) in [7, 11) is -2.29. The maximum atomic E-state index is 14.5. The summed E-state index contributed by atoms with van der Waals surface area (Å²) in [5.74, 6) is -1.62. The molecule has 2 bridgehead atoms. The van der Waals surface area contributed by atoms with Crippen LogP contribution in [0.25, 0.3) is 0 Å². The van der Waals surface area contributed by atoms with Crippen LogP contribution in [-0.2, 0) is 28.3 Å². The van der Waals surface area contributed by atoms with Crippen molar-refractivity contribution < 1.29 is 38.5 Å². The maximum absolute atomic E-state index is 14.5. The second-order valence-electron chi connectivity index (χ2n) is 18.4. The van der Waals surface area contributed by atoms with E-state index in [0.717, 1.165) is 24.0 Å². The Kier molecular flexibility index (Phi) is 11.6. The van der Waals surface area contributed by atoms with E-state index in [1.54, 1.807) is 6.08 Å². The number of carbonyl (C=O) groups excluding carboxylic acids is 1. The van der Waals surface area contributed by atoms with Crippen molar-refractivity contribution in [3.8, 4) is 0 Å². The van der Waals surface area contributed by atoms with Crippen molar-refractivity contribution in [2.45, 2.75) is 173 Å². The van der Waals surface area contributed by atoms with Crippen LogP contribution in [0.1, 0.15) is 113 Å². The molecule has 10 atom stereocenters. The first-order valence-electron chi connectivity index (χ1n) is 20.0. The molecule has 0 aromatic heterocycles. The largest absolute Gasteiger partial charge is 0.462 e. The maximum Gasteiger partial charge on any atom is 0.316 e. The van der Waals surface area contributed by atoms with Crippen LogP contribution in [0.3, 0.4) is 0 Å². The molecule has 2 N–H and O–H groups in total. The monoisotopic (exact) mass is 739 g/mol. The lowest BCUT2D eigenvalue weighted by Gasteiger charge is -2.51. The summed E-state index contributed by atoms with van der Waals surface area (Å²) in [6.45, 7) is 18.9. The smallest absolute Gasteiger partial charge is 0.316 e. The number of rotatable bonds is 3. The van der Waals surface area contributed by atoms with Gasteiger partial charge in [0, 0.05) is 25.2 Å². The highest BCUT2D eigenvalue weighted by molar-refractivity contribution is 6.74. The average molecular weight is 740 g/mol. The summed E-state index contributed by atoms with van der Waals surface area (Å²) in [6, 6.07) is 0. The highest BCUT2D eigenvalue weighted by Crippen LogP contribution is 2.48. The Morgan fingerprint density at radius 3 is 2.48 bits per heavy atom.